The zero-order valence-corrected chi connectivity index (χ0v) is 11.4. The van der Waals surface area contributed by atoms with Gasteiger partial charge in [-0.15, -0.1) is 0 Å². The van der Waals surface area contributed by atoms with Gasteiger partial charge in [-0.25, -0.2) is 0 Å². The van der Waals surface area contributed by atoms with Crippen LogP contribution in [0.4, 0.5) is 0 Å². The Hall–Kier alpha value is -0.650. The Bertz CT molecular complexity index is 199. The van der Waals surface area contributed by atoms with Crippen LogP contribution in [0.25, 0.3) is 0 Å². The third-order valence-corrected chi connectivity index (χ3v) is 2.45. The van der Waals surface area contributed by atoms with Crippen LogP contribution in [0.1, 0.15) is 13.3 Å². The lowest BCUT2D eigenvalue weighted by Crippen LogP contribution is -2.30. The van der Waals surface area contributed by atoms with E-state index < -0.39 is 0 Å². The predicted molar refractivity (Wildman–Crippen MR) is 66.0 cm³/mol. The van der Waals surface area contributed by atoms with Crippen molar-refractivity contribution in [2.24, 2.45) is 5.92 Å². The Kier molecular flexibility index (Phi) is 10.1. The van der Waals surface area contributed by atoms with Crippen LogP contribution in [0.15, 0.2) is 0 Å². The molecular weight excluding hydrogens is 222 g/mol. The molecule has 102 valence electrons. The summed E-state index contributed by atoms with van der Waals surface area (Å²) in [7, 11) is 5.07. The zero-order chi connectivity index (χ0) is 13.1. The molecule has 17 heavy (non-hydrogen) atoms. The van der Waals surface area contributed by atoms with Crippen molar-refractivity contribution < 1.29 is 19.0 Å². The van der Waals surface area contributed by atoms with E-state index in [9.17, 15) is 4.79 Å². The highest BCUT2D eigenvalue weighted by Gasteiger charge is 2.14. The van der Waals surface area contributed by atoms with Crippen LogP contribution >= 0.6 is 0 Å². The van der Waals surface area contributed by atoms with Gasteiger partial charge in [0.05, 0.1) is 26.2 Å². The molecule has 0 fully saturated rings. The zero-order valence-electron chi connectivity index (χ0n) is 11.4. The van der Waals surface area contributed by atoms with Gasteiger partial charge in [0.25, 0.3) is 0 Å². The number of esters is 1. The van der Waals surface area contributed by atoms with Crippen molar-refractivity contribution in [3.05, 3.63) is 0 Å². The van der Waals surface area contributed by atoms with E-state index in [2.05, 4.69) is 9.64 Å². The average Bonchev–Trinajstić information content (AvgIpc) is 2.32. The lowest BCUT2D eigenvalue weighted by atomic mass is 10.2. The molecule has 0 amide bonds. The van der Waals surface area contributed by atoms with Crippen molar-refractivity contribution >= 4 is 5.97 Å². The third-order valence-electron chi connectivity index (χ3n) is 2.45. The number of nitrogens with zero attached hydrogens (tertiary/aromatic N) is 1. The van der Waals surface area contributed by atoms with Gasteiger partial charge in [0.1, 0.15) is 0 Å². The molecule has 0 bridgehead atoms. The van der Waals surface area contributed by atoms with E-state index in [1.165, 1.54) is 7.11 Å². The fraction of sp³-hybridized carbons (Fsp3) is 0.917. The van der Waals surface area contributed by atoms with Gasteiger partial charge in [0.15, 0.2) is 0 Å². The second-order valence-corrected chi connectivity index (χ2v) is 4.15. The molecule has 0 aromatic rings. The van der Waals surface area contributed by atoms with E-state index in [1.807, 2.05) is 14.0 Å². The maximum absolute atomic E-state index is 11.2. The summed E-state index contributed by atoms with van der Waals surface area (Å²) in [5, 5.41) is 0. The predicted octanol–water partition coefficient (Wildman–Crippen LogP) is 0.780. The van der Waals surface area contributed by atoms with Crippen LogP contribution in [0.3, 0.4) is 0 Å². The van der Waals surface area contributed by atoms with Crippen LogP contribution in [-0.4, -0.2) is 65.0 Å². The smallest absolute Gasteiger partial charge is 0.309 e. The summed E-state index contributed by atoms with van der Waals surface area (Å²) in [5.74, 6) is -0.243. The Labute approximate surface area is 104 Å². The largest absolute Gasteiger partial charge is 0.469 e. The lowest BCUT2D eigenvalue weighted by molar-refractivity contribution is -0.145. The van der Waals surface area contributed by atoms with Crippen molar-refractivity contribution in [2.45, 2.75) is 13.3 Å². The third kappa shape index (κ3) is 9.09. The first kappa shape index (κ1) is 16.4. The highest BCUT2D eigenvalue weighted by molar-refractivity contribution is 5.71. The van der Waals surface area contributed by atoms with Crippen molar-refractivity contribution in [2.75, 3.05) is 54.2 Å². The molecule has 0 aliphatic heterocycles. The Morgan fingerprint density at radius 2 is 1.94 bits per heavy atom. The quantitative estimate of drug-likeness (QED) is 0.422. The molecule has 0 aliphatic carbocycles. The second kappa shape index (κ2) is 10.5. The number of hydrogen-bond acceptors (Lipinski definition) is 5. The summed E-state index contributed by atoms with van der Waals surface area (Å²) in [6.07, 6.45) is 0.952. The molecule has 0 aromatic carbocycles. The topological polar surface area (TPSA) is 48.0 Å². The molecule has 0 aromatic heterocycles. The van der Waals surface area contributed by atoms with Gasteiger partial charge < -0.3 is 19.1 Å². The van der Waals surface area contributed by atoms with Crippen LogP contribution in [0, 0.1) is 5.92 Å². The minimum absolute atomic E-state index is 0.0839. The van der Waals surface area contributed by atoms with Crippen LogP contribution in [0.5, 0.6) is 0 Å². The molecule has 5 heteroatoms. The molecule has 0 radical (unpaired) electrons. The van der Waals surface area contributed by atoms with Gasteiger partial charge in [-0.3, -0.25) is 4.79 Å². The van der Waals surface area contributed by atoms with Crippen molar-refractivity contribution in [3.63, 3.8) is 0 Å². The number of rotatable bonds is 10. The van der Waals surface area contributed by atoms with Crippen molar-refractivity contribution in [1.82, 2.24) is 4.90 Å². The van der Waals surface area contributed by atoms with Gasteiger partial charge >= 0.3 is 5.97 Å². The minimum Gasteiger partial charge on any atom is -0.469 e. The summed E-state index contributed by atoms with van der Waals surface area (Å²) in [6, 6.07) is 0. The average molecular weight is 247 g/mol. The van der Waals surface area contributed by atoms with Gasteiger partial charge in [0.2, 0.25) is 0 Å². The molecule has 0 heterocycles. The number of carbonyl (C=O) groups excluding carboxylic acids is 1. The first-order valence-corrected chi connectivity index (χ1v) is 5.94. The summed E-state index contributed by atoms with van der Waals surface area (Å²) < 4.78 is 14.9. The van der Waals surface area contributed by atoms with Gasteiger partial charge in [0, 0.05) is 26.8 Å². The summed E-state index contributed by atoms with van der Waals surface area (Å²) in [5.41, 5.74) is 0. The maximum atomic E-state index is 11.2. The molecule has 5 nitrogen and oxygen atoms in total. The number of ether oxygens (including phenoxy) is 3. The number of carbonyl (C=O) groups is 1. The first-order valence-electron chi connectivity index (χ1n) is 5.94. The van der Waals surface area contributed by atoms with Crippen LogP contribution in [-0.2, 0) is 19.0 Å². The highest BCUT2D eigenvalue weighted by Crippen LogP contribution is 2.01. The van der Waals surface area contributed by atoms with Crippen LogP contribution < -0.4 is 0 Å². The normalized spacial score (nSPS) is 12.8. The molecule has 0 aliphatic rings. The fourth-order valence-corrected chi connectivity index (χ4v) is 1.52. The monoisotopic (exact) mass is 247 g/mol. The van der Waals surface area contributed by atoms with E-state index in [-0.39, 0.29) is 11.9 Å². The SMILES string of the molecule is COCCOCCCN(C)CC(C)C(=O)OC. The molecule has 0 spiro atoms. The van der Waals surface area contributed by atoms with E-state index in [0.717, 1.165) is 19.6 Å². The van der Waals surface area contributed by atoms with Crippen molar-refractivity contribution in [3.8, 4) is 0 Å². The standard InChI is InChI=1S/C12H25NO4/c1-11(12(14)16-4)10-13(2)6-5-7-17-9-8-15-3/h11H,5-10H2,1-4H3. The van der Waals surface area contributed by atoms with Gasteiger partial charge in [-0.1, -0.05) is 6.92 Å². The maximum Gasteiger partial charge on any atom is 0.309 e. The van der Waals surface area contributed by atoms with Gasteiger partial charge in [-0.05, 0) is 13.5 Å². The fourth-order valence-electron chi connectivity index (χ4n) is 1.52. The summed E-state index contributed by atoms with van der Waals surface area (Å²) in [4.78, 5) is 13.3. The van der Waals surface area contributed by atoms with Crippen LogP contribution in [0.2, 0.25) is 0 Å². The molecule has 1 unspecified atom stereocenters. The van der Waals surface area contributed by atoms with E-state index in [4.69, 9.17) is 9.47 Å². The number of methoxy groups -OCH3 is 2. The summed E-state index contributed by atoms with van der Waals surface area (Å²) in [6.45, 7) is 5.49. The highest BCUT2D eigenvalue weighted by atomic mass is 16.5. The molecule has 0 saturated carbocycles. The van der Waals surface area contributed by atoms with E-state index in [1.54, 1.807) is 7.11 Å². The lowest BCUT2D eigenvalue weighted by Gasteiger charge is -2.19. The Morgan fingerprint density at radius 3 is 2.53 bits per heavy atom. The Morgan fingerprint density at radius 1 is 1.24 bits per heavy atom. The minimum atomic E-state index is -0.159. The van der Waals surface area contributed by atoms with E-state index >= 15 is 0 Å². The summed E-state index contributed by atoms with van der Waals surface area (Å²) >= 11 is 0. The van der Waals surface area contributed by atoms with Crippen molar-refractivity contribution in [1.29, 1.82) is 0 Å². The Balaban J connectivity index is 3.46. The van der Waals surface area contributed by atoms with E-state index in [0.29, 0.717) is 19.8 Å². The molecular formula is C12H25NO4. The number of hydrogen-bond donors (Lipinski definition) is 0. The molecule has 0 saturated heterocycles. The second-order valence-electron chi connectivity index (χ2n) is 4.15. The molecule has 1 atom stereocenters. The molecule has 0 rings (SSSR count). The first-order chi connectivity index (χ1) is 8.11. The van der Waals surface area contributed by atoms with Gasteiger partial charge in [-0.2, -0.15) is 0 Å². The molecule has 0 N–H and O–H groups in total.